The topological polar surface area (TPSA) is 47.3 Å². The smallest absolute Gasteiger partial charge is 0.347 e. The van der Waals surface area contributed by atoms with Crippen LogP contribution in [0.25, 0.3) is 11.0 Å². The van der Waals surface area contributed by atoms with E-state index < -0.39 is 5.63 Å². The summed E-state index contributed by atoms with van der Waals surface area (Å²) >= 11 is 0. The molecule has 0 N–H and O–H groups in total. The van der Waals surface area contributed by atoms with Gasteiger partial charge >= 0.3 is 5.63 Å². The Morgan fingerprint density at radius 2 is 1.81 bits per heavy atom. The minimum atomic E-state index is -0.573. The number of hydrogen-bond donors (Lipinski definition) is 0. The van der Waals surface area contributed by atoms with E-state index >= 15 is 0 Å². The summed E-state index contributed by atoms with van der Waals surface area (Å²) in [6.45, 7) is 5.74. The number of aryl methyl sites for hydroxylation is 1. The van der Waals surface area contributed by atoms with E-state index in [0.717, 1.165) is 5.39 Å². The molecule has 0 aliphatic carbocycles. The van der Waals surface area contributed by atoms with Crippen LogP contribution in [0.1, 0.15) is 29.8 Å². The van der Waals surface area contributed by atoms with Gasteiger partial charge in [-0.3, -0.25) is 4.79 Å². The molecule has 3 nitrogen and oxygen atoms in total. The van der Waals surface area contributed by atoms with Gasteiger partial charge in [0.15, 0.2) is 6.29 Å². The second-order valence-corrected chi connectivity index (χ2v) is 3.04. The van der Waals surface area contributed by atoms with Crippen molar-refractivity contribution in [3.8, 4) is 0 Å². The zero-order chi connectivity index (χ0) is 12.1. The van der Waals surface area contributed by atoms with E-state index in [-0.39, 0.29) is 5.56 Å². The monoisotopic (exact) mass is 218 g/mol. The molecule has 2 rings (SSSR count). The lowest BCUT2D eigenvalue weighted by Crippen LogP contribution is -2.08. The largest absolute Gasteiger partial charge is 0.422 e. The van der Waals surface area contributed by atoms with Crippen molar-refractivity contribution >= 4 is 17.3 Å². The van der Waals surface area contributed by atoms with Crippen LogP contribution in [0.2, 0.25) is 0 Å². The first kappa shape index (κ1) is 12.2. The lowest BCUT2D eigenvalue weighted by atomic mass is 10.1. The number of carbonyl (C=O) groups excluding carboxylic acids is 1. The number of hydrogen-bond acceptors (Lipinski definition) is 3. The van der Waals surface area contributed by atoms with Gasteiger partial charge in [0, 0.05) is 5.39 Å². The van der Waals surface area contributed by atoms with E-state index in [1.807, 2.05) is 26.0 Å². The van der Waals surface area contributed by atoms with Gasteiger partial charge in [-0.1, -0.05) is 32.0 Å². The van der Waals surface area contributed by atoms with Gasteiger partial charge in [-0.15, -0.1) is 0 Å². The summed E-state index contributed by atoms with van der Waals surface area (Å²) in [5, 5.41) is 0.800. The van der Waals surface area contributed by atoms with Crippen molar-refractivity contribution in [1.82, 2.24) is 0 Å². The van der Waals surface area contributed by atoms with Gasteiger partial charge in [0.25, 0.3) is 0 Å². The summed E-state index contributed by atoms with van der Waals surface area (Å²) in [6, 6.07) is 7.15. The van der Waals surface area contributed by atoms with Crippen LogP contribution in [-0.2, 0) is 0 Å². The molecule has 16 heavy (non-hydrogen) atoms. The molecule has 0 fully saturated rings. The summed E-state index contributed by atoms with van der Waals surface area (Å²) < 4.78 is 4.98. The molecule has 0 saturated carbocycles. The number of fused-ring (bicyclic) bond motifs is 1. The molecule has 0 unspecified atom stereocenters. The minimum absolute atomic E-state index is 0.101. The molecule has 0 spiro atoms. The van der Waals surface area contributed by atoms with Gasteiger partial charge in [0.2, 0.25) is 0 Å². The molecule has 2 aromatic rings. The van der Waals surface area contributed by atoms with Crippen molar-refractivity contribution in [3.63, 3.8) is 0 Å². The quantitative estimate of drug-likeness (QED) is 0.546. The Morgan fingerprint density at radius 3 is 2.44 bits per heavy atom. The summed E-state index contributed by atoms with van der Waals surface area (Å²) in [5.41, 5.74) is 0.715. The Morgan fingerprint density at radius 1 is 1.19 bits per heavy atom. The summed E-state index contributed by atoms with van der Waals surface area (Å²) in [6.07, 6.45) is 0.535. The molecule has 0 aliphatic heterocycles. The zero-order valence-electron chi connectivity index (χ0n) is 9.61. The van der Waals surface area contributed by atoms with Crippen LogP contribution in [0.5, 0.6) is 0 Å². The molecule has 0 aliphatic rings. The molecule has 1 aromatic carbocycles. The van der Waals surface area contributed by atoms with Gasteiger partial charge in [-0.2, -0.15) is 0 Å². The van der Waals surface area contributed by atoms with Crippen LogP contribution in [0.15, 0.2) is 33.5 Å². The third-order valence-corrected chi connectivity index (χ3v) is 2.24. The maximum Gasteiger partial charge on any atom is 0.347 e. The average molecular weight is 218 g/mol. The molecule has 0 atom stereocenters. The first-order valence-electron chi connectivity index (χ1n) is 5.21. The number of benzene rings is 1. The predicted octanol–water partition coefficient (Wildman–Crippen LogP) is 2.94. The fourth-order valence-electron chi connectivity index (χ4n) is 1.45. The summed E-state index contributed by atoms with van der Waals surface area (Å²) in [4.78, 5) is 21.9. The van der Waals surface area contributed by atoms with Crippen molar-refractivity contribution in [1.29, 1.82) is 0 Å². The Kier molecular flexibility index (Phi) is 4.00. The van der Waals surface area contributed by atoms with E-state index in [1.54, 1.807) is 19.1 Å². The number of rotatable bonds is 1. The van der Waals surface area contributed by atoms with Gasteiger partial charge in [-0.05, 0) is 18.6 Å². The van der Waals surface area contributed by atoms with Crippen LogP contribution in [0.4, 0.5) is 0 Å². The Balaban J connectivity index is 0.000000606. The van der Waals surface area contributed by atoms with Crippen molar-refractivity contribution < 1.29 is 9.21 Å². The average Bonchev–Trinajstić information content (AvgIpc) is 2.32. The third kappa shape index (κ3) is 2.03. The molecule has 0 bridgehead atoms. The molecular weight excluding hydrogens is 204 g/mol. The van der Waals surface area contributed by atoms with E-state index in [9.17, 15) is 9.59 Å². The maximum absolute atomic E-state index is 11.3. The first-order valence-corrected chi connectivity index (χ1v) is 5.21. The fourth-order valence-corrected chi connectivity index (χ4v) is 1.45. The Hall–Kier alpha value is -1.90. The SMILES string of the molecule is CC.Cc1c(C=O)c(=O)oc2ccccc12. The molecule has 1 heterocycles. The van der Waals surface area contributed by atoms with Crippen LogP contribution in [0.3, 0.4) is 0 Å². The van der Waals surface area contributed by atoms with Crippen LogP contribution in [-0.4, -0.2) is 6.29 Å². The summed E-state index contributed by atoms with van der Waals surface area (Å²) in [5.74, 6) is 0. The summed E-state index contributed by atoms with van der Waals surface area (Å²) in [7, 11) is 0. The normalized spacial score (nSPS) is 9.44. The second kappa shape index (κ2) is 5.26. The molecular formula is C13H14O3. The van der Waals surface area contributed by atoms with Crippen molar-refractivity contribution in [2.75, 3.05) is 0 Å². The zero-order valence-corrected chi connectivity index (χ0v) is 9.61. The molecule has 3 heteroatoms. The number of carbonyl (C=O) groups is 1. The first-order chi connectivity index (χ1) is 7.74. The molecule has 0 amide bonds. The lowest BCUT2D eigenvalue weighted by molar-refractivity contribution is 0.111. The van der Waals surface area contributed by atoms with Crippen molar-refractivity contribution in [2.24, 2.45) is 0 Å². The molecule has 1 aromatic heterocycles. The van der Waals surface area contributed by atoms with E-state index in [4.69, 9.17) is 4.42 Å². The highest BCUT2D eigenvalue weighted by Crippen LogP contribution is 2.17. The van der Waals surface area contributed by atoms with Gasteiger partial charge in [0.1, 0.15) is 11.1 Å². The minimum Gasteiger partial charge on any atom is -0.422 e. The third-order valence-electron chi connectivity index (χ3n) is 2.24. The second-order valence-electron chi connectivity index (χ2n) is 3.04. The van der Waals surface area contributed by atoms with Crippen molar-refractivity contribution in [3.05, 3.63) is 45.8 Å². The fraction of sp³-hybridized carbons (Fsp3) is 0.231. The van der Waals surface area contributed by atoms with Crippen LogP contribution < -0.4 is 5.63 Å². The molecule has 0 radical (unpaired) electrons. The highest BCUT2D eigenvalue weighted by Gasteiger charge is 2.08. The predicted molar refractivity (Wildman–Crippen MR) is 64.0 cm³/mol. The Labute approximate surface area is 93.7 Å². The lowest BCUT2D eigenvalue weighted by Gasteiger charge is -2.01. The highest BCUT2D eigenvalue weighted by atomic mass is 16.4. The van der Waals surface area contributed by atoms with E-state index in [2.05, 4.69) is 0 Å². The maximum atomic E-state index is 11.3. The van der Waals surface area contributed by atoms with Crippen LogP contribution in [0, 0.1) is 6.92 Å². The number of para-hydroxylation sites is 1. The highest BCUT2D eigenvalue weighted by molar-refractivity contribution is 5.88. The van der Waals surface area contributed by atoms with Gasteiger partial charge < -0.3 is 4.42 Å². The molecule has 84 valence electrons. The number of aldehydes is 1. The van der Waals surface area contributed by atoms with E-state index in [1.165, 1.54) is 0 Å². The van der Waals surface area contributed by atoms with Crippen molar-refractivity contribution in [2.45, 2.75) is 20.8 Å². The van der Waals surface area contributed by atoms with Gasteiger partial charge in [-0.25, -0.2) is 4.79 Å². The Bertz CT molecular complexity index is 553. The molecule has 0 saturated heterocycles. The van der Waals surface area contributed by atoms with Gasteiger partial charge in [0.05, 0.1) is 0 Å². The van der Waals surface area contributed by atoms with Crippen LogP contribution >= 0.6 is 0 Å². The van der Waals surface area contributed by atoms with E-state index in [0.29, 0.717) is 17.4 Å². The standard InChI is InChI=1S/C11H8O3.C2H6/c1-7-8-4-2-3-5-10(8)14-11(13)9(7)6-12;1-2/h2-6H,1H3;1-2H3.